The Morgan fingerprint density at radius 2 is 1.73 bits per heavy atom. The average molecular weight is 471 g/mol. The molecule has 0 radical (unpaired) electrons. The van der Waals surface area contributed by atoms with Crippen LogP contribution in [0.2, 0.25) is 0 Å². The number of carbonyl (C=O) groups excluding carboxylic acids is 2. The molecule has 1 aliphatic carbocycles. The summed E-state index contributed by atoms with van der Waals surface area (Å²) in [5, 5.41) is 2.91. The fourth-order valence-corrected chi connectivity index (χ4v) is 5.11. The van der Waals surface area contributed by atoms with Crippen LogP contribution in [0.4, 0.5) is 4.79 Å². The third kappa shape index (κ3) is 7.79. The summed E-state index contributed by atoms with van der Waals surface area (Å²) < 4.78 is 11.0. The second kappa shape index (κ2) is 11.1. The summed E-state index contributed by atoms with van der Waals surface area (Å²) in [7, 11) is 0. The van der Waals surface area contributed by atoms with Gasteiger partial charge < -0.3 is 20.5 Å². The Labute approximate surface area is 200 Å². The predicted octanol–water partition coefficient (Wildman–Crippen LogP) is 5.12. The third-order valence-electron chi connectivity index (χ3n) is 5.69. The van der Waals surface area contributed by atoms with Crippen molar-refractivity contribution in [3.05, 3.63) is 66.2 Å². The first-order valence-electron chi connectivity index (χ1n) is 11.3. The molecule has 33 heavy (non-hydrogen) atoms. The lowest BCUT2D eigenvalue weighted by atomic mass is 9.74. The summed E-state index contributed by atoms with van der Waals surface area (Å²) in [6.07, 6.45) is 1.02. The highest BCUT2D eigenvalue weighted by Gasteiger charge is 2.44. The summed E-state index contributed by atoms with van der Waals surface area (Å²) >= 11 is 1.67. The molecule has 0 bridgehead atoms. The Kier molecular flexibility index (Phi) is 8.43. The van der Waals surface area contributed by atoms with Crippen molar-refractivity contribution in [2.75, 3.05) is 5.75 Å². The molecule has 0 heterocycles. The van der Waals surface area contributed by atoms with E-state index in [1.807, 2.05) is 81.4 Å². The Hall–Kier alpha value is -2.51. The molecule has 3 N–H and O–H groups in total. The highest BCUT2D eigenvalue weighted by molar-refractivity contribution is 7.99. The van der Waals surface area contributed by atoms with Crippen molar-refractivity contribution in [1.82, 2.24) is 5.32 Å². The molecule has 2 aromatic carbocycles. The lowest BCUT2D eigenvalue weighted by molar-refractivity contribution is -0.162. The quantitative estimate of drug-likeness (QED) is 0.332. The predicted molar refractivity (Wildman–Crippen MR) is 131 cm³/mol. The van der Waals surface area contributed by atoms with Crippen LogP contribution >= 0.6 is 11.8 Å². The van der Waals surface area contributed by atoms with Crippen molar-refractivity contribution < 1.29 is 19.1 Å². The van der Waals surface area contributed by atoms with E-state index in [9.17, 15) is 9.59 Å². The number of ether oxygens (including phenoxy) is 2. The number of rotatable bonds is 7. The Balaban J connectivity index is 1.67. The van der Waals surface area contributed by atoms with Gasteiger partial charge in [-0.25, -0.2) is 4.79 Å². The number of nitrogens with one attached hydrogen (secondary N) is 1. The van der Waals surface area contributed by atoms with Crippen LogP contribution < -0.4 is 11.1 Å². The fourth-order valence-electron chi connectivity index (χ4n) is 3.93. The zero-order chi connectivity index (χ0) is 23.9. The molecule has 1 fully saturated rings. The van der Waals surface area contributed by atoms with Gasteiger partial charge in [0.1, 0.15) is 12.2 Å². The SMILES string of the molecule is CC(C)(C)OC(=O)[C@@H]1CC[C@](N)(NC(=O)OCc2ccccc2)[C@H](CSc2ccccc2)C1. The van der Waals surface area contributed by atoms with E-state index in [0.29, 0.717) is 25.0 Å². The largest absolute Gasteiger partial charge is 0.460 e. The first-order chi connectivity index (χ1) is 15.6. The molecule has 0 saturated heterocycles. The molecule has 1 aliphatic rings. The third-order valence-corrected chi connectivity index (χ3v) is 6.86. The number of hydrogen-bond donors (Lipinski definition) is 2. The maximum atomic E-state index is 12.7. The molecule has 0 aliphatic heterocycles. The summed E-state index contributed by atoms with van der Waals surface area (Å²) in [6.45, 7) is 5.78. The summed E-state index contributed by atoms with van der Waals surface area (Å²) in [4.78, 5) is 26.5. The maximum absolute atomic E-state index is 12.7. The minimum atomic E-state index is -0.964. The normalized spacial score (nSPS) is 22.9. The van der Waals surface area contributed by atoms with E-state index in [1.54, 1.807) is 11.8 Å². The standard InChI is InChI=1S/C26H34N2O4S/c1-25(2,3)32-23(29)20-14-15-26(27,21(16-20)18-33-22-12-8-5-9-13-22)28-24(30)31-17-19-10-6-4-7-11-19/h4-13,20-21H,14-18,27H2,1-3H3,(H,28,30)/t20-,21+,26+/m1/s1. The van der Waals surface area contributed by atoms with Crippen molar-refractivity contribution in [1.29, 1.82) is 0 Å². The fraction of sp³-hybridized carbons (Fsp3) is 0.462. The molecule has 3 atom stereocenters. The van der Waals surface area contributed by atoms with Crippen molar-refractivity contribution in [3.63, 3.8) is 0 Å². The lowest BCUT2D eigenvalue weighted by Gasteiger charge is -2.43. The first-order valence-corrected chi connectivity index (χ1v) is 12.3. The lowest BCUT2D eigenvalue weighted by Crippen LogP contribution is -2.64. The van der Waals surface area contributed by atoms with Gasteiger partial charge in [0, 0.05) is 16.6 Å². The molecule has 0 spiro atoms. The highest BCUT2D eigenvalue weighted by Crippen LogP contribution is 2.38. The summed E-state index contributed by atoms with van der Waals surface area (Å²) in [6, 6.07) is 19.5. The van der Waals surface area contributed by atoms with Crippen LogP contribution in [0, 0.1) is 11.8 Å². The monoisotopic (exact) mass is 470 g/mol. The van der Waals surface area contributed by atoms with E-state index in [4.69, 9.17) is 15.2 Å². The highest BCUT2D eigenvalue weighted by atomic mass is 32.2. The minimum absolute atomic E-state index is 0.127. The molecule has 1 saturated carbocycles. The van der Waals surface area contributed by atoms with Gasteiger partial charge in [0.25, 0.3) is 0 Å². The summed E-state index contributed by atoms with van der Waals surface area (Å²) in [5.41, 5.74) is 6.15. The van der Waals surface area contributed by atoms with E-state index in [0.717, 1.165) is 10.5 Å². The second-order valence-electron chi connectivity index (χ2n) is 9.55. The van der Waals surface area contributed by atoms with E-state index in [2.05, 4.69) is 5.32 Å². The van der Waals surface area contributed by atoms with E-state index < -0.39 is 17.4 Å². The van der Waals surface area contributed by atoms with Gasteiger partial charge in [-0.1, -0.05) is 48.5 Å². The van der Waals surface area contributed by atoms with Crippen LogP contribution in [0.3, 0.4) is 0 Å². The molecule has 0 unspecified atom stereocenters. The number of nitrogens with two attached hydrogens (primary N) is 1. The minimum Gasteiger partial charge on any atom is -0.460 e. The molecular weight excluding hydrogens is 436 g/mol. The smallest absolute Gasteiger partial charge is 0.408 e. The van der Waals surface area contributed by atoms with E-state index in [-0.39, 0.29) is 24.4 Å². The number of alkyl carbamates (subject to hydrolysis) is 1. The number of hydrogen-bond acceptors (Lipinski definition) is 6. The van der Waals surface area contributed by atoms with Gasteiger partial charge >= 0.3 is 12.1 Å². The van der Waals surface area contributed by atoms with Crippen LogP contribution in [0.15, 0.2) is 65.6 Å². The molecular formula is C26H34N2O4S. The molecule has 178 valence electrons. The van der Waals surface area contributed by atoms with Crippen LogP contribution in [0.25, 0.3) is 0 Å². The van der Waals surface area contributed by atoms with Crippen LogP contribution in [-0.2, 0) is 20.9 Å². The topological polar surface area (TPSA) is 90.6 Å². The Bertz CT molecular complexity index is 917. The van der Waals surface area contributed by atoms with Gasteiger partial charge in [-0.2, -0.15) is 0 Å². The number of esters is 1. The molecule has 0 aromatic heterocycles. The number of carbonyl (C=O) groups is 2. The van der Waals surface area contributed by atoms with Crippen LogP contribution in [0.5, 0.6) is 0 Å². The number of amides is 1. The van der Waals surface area contributed by atoms with Gasteiger partial charge in [-0.05, 0) is 57.7 Å². The average Bonchev–Trinajstić information content (AvgIpc) is 2.77. The zero-order valence-electron chi connectivity index (χ0n) is 19.6. The summed E-state index contributed by atoms with van der Waals surface area (Å²) in [5.74, 6) is 0.0901. The van der Waals surface area contributed by atoms with Crippen molar-refractivity contribution in [3.8, 4) is 0 Å². The molecule has 6 nitrogen and oxygen atoms in total. The van der Waals surface area contributed by atoms with Gasteiger partial charge in [0.05, 0.1) is 11.6 Å². The molecule has 3 rings (SSSR count). The van der Waals surface area contributed by atoms with Crippen molar-refractivity contribution in [2.24, 2.45) is 17.6 Å². The second-order valence-corrected chi connectivity index (χ2v) is 10.6. The molecule has 2 aromatic rings. The Morgan fingerprint density at radius 1 is 1.09 bits per heavy atom. The van der Waals surface area contributed by atoms with Gasteiger partial charge in [-0.15, -0.1) is 11.8 Å². The van der Waals surface area contributed by atoms with Crippen LogP contribution in [0.1, 0.15) is 45.6 Å². The molecule has 7 heteroatoms. The van der Waals surface area contributed by atoms with Gasteiger partial charge in [0.15, 0.2) is 0 Å². The van der Waals surface area contributed by atoms with E-state index in [1.165, 1.54) is 0 Å². The maximum Gasteiger partial charge on any atom is 0.408 e. The van der Waals surface area contributed by atoms with Crippen molar-refractivity contribution >= 4 is 23.8 Å². The van der Waals surface area contributed by atoms with Crippen molar-refractivity contribution in [2.45, 2.75) is 62.8 Å². The number of thioether (sulfide) groups is 1. The van der Waals surface area contributed by atoms with E-state index >= 15 is 0 Å². The number of benzene rings is 2. The molecule has 1 amide bonds. The first kappa shape index (κ1) is 25.1. The zero-order valence-corrected chi connectivity index (χ0v) is 20.4. The van der Waals surface area contributed by atoms with Gasteiger partial charge in [-0.3, -0.25) is 4.79 Å². The van der Waals surface area contributed by atoms with Gasteiger partial charge in [0.2, 0.25) is 0 Å². The Morgan fingerprint density at radius 3 is 2.36 bits per heavy atom. The van der Waals surface area contributed by atoms with Crippen LogP contribution in [-0.4, -0.2) is 29.1 Å².